The Morgan fingerprint density at radius 2 is 2.40 bits per heavy atom. The van der Waals surface area contributed by atoms with Crippen molar-refractivity contribution in [2.24, 2.45) is 5.92 Å². The number of carbonyl (C=O) groups excluding carboxylic acids is 1. The molecule has 1 unspecified atom stereocenters. The highest BCUT2D eigenvalue weighted by Gasteiger charge is 2.10. The predicted octanol–water partition coefficient (Wildman–Crippen LogP) is 2.11. The van der Waals surface area contributed by atoms with E-state index in [0.717, 1.165) is 12.8 Å². The second kappa shape index (κ2) is 5.03. The average molecular weight is 142 g/mol. The monoisotopic (exact) mass is 142 g/mol. The second-order valence-electron chi connectivity index (χ2n) is 2.29. The van der Waals surface area contributed by atoms with E-state index in [-0.39, 0.29) is 11.9 Å². The van der Waals surface area contributed by atoms with Gasteiger partial charge in [0.2, 0.25) is 0 Å². The molecule has 0 heterocycles. The van der Waals surface area contributed by atoms with E-state index in [9.17, 15) is 4.79 Å². The zero-order chi connectivity index (χ0) is 7.98. The SMILES string of the molecule is C=COC(=O)C(C)CCC. The van der Waals surface area contributed by atoms with Crippen LogP contribution in [0.1, 0.15) is 26.7 Å². The van der Waals surface area contributed by atoms with E-state index < -0.39 is 0 Å². The lowest BCUT2D eigenvalue weighted by Gasteiger charge is -2.05. The van der Waals surface area contributed by atoms with E-state index in [0.29, 0.717) is 0 Å². The van der Waals surface area contributed by atoms with E-state index in [2.05, 4.69) is 11.3 Å². The van der Waals surface area contributed by atoms with Crippen LogP contribution >= 0.6 is 0 Å². The summed E-state index contributed by atoms with van der Waals surface area (Å²) in [5, 5.41) is 0. The van der Waals surface area contributed by atoms with E-state index in [1.807, 2.05) is 13.8 Å². The minimum atomic E-state index is -0.183. The molecule has 0 aromatic carbocycles. The molecule has 0 rings (SSSR count). The van der Waals surface area contributed by atoms with Crippen molar-refractivity contribution in [3.63, 3.8) is 0 Å². The van der Waals surface area contributed by atoms with Crippen molar-refractivity contribution in [3.8, 4) is 0 Å². The molecule has 0 N–H and O–H groups in total. The van der Waals surface area contributed by atoms with Gasteiger partial charge in [-0.1, -0.05) is 26.8 Å². The maximum Gasteiger partial charge on any atom is 0.313 e. The lowest BCUT2D eigenvalue weighted by atomic mass is 10.1. The molecule has 1 atom stereocenters. The Balaban J connectivity index is 3.58. The molecule has 0 radical (unpaired) electrons. The van der Waals surface area contributed by atoms with Crippen LogP contribution in [-0.4, -0.2) is 5.97 Å². The summed E-state index contributed by atoms with van der Waals surface area (Å²) in [6.07, 6.45) is 3.06. The zero-order valence-electron chi connectivity index (χ0n) is 6.59. The molecule has 58 valence electrons. The van der Waals surface area contributed by atoms with E-state index in [1.54, 1.807) is 0 Å². The normalized spacial score (nSPS) is 12.2. The largest absolute Gasteiger partial charge is 0.435 e. The van der Waals surface area contributed by atoms with Gasteiger partial charge in [0, 0.05) is 0 Å². The molecule has 0 aromatic rings. The molecule has 0 spiro atoms. The van der Waals surface area contributed by atoms with E-state index in [1.165, 1.54) is 6.26 Å². The van der Waals surface area contributed by atoms with Crippen molar-refractivity contribution in [3.05, 3.63) is 12.8 Å². The molecular weight excluding hydrogens is 128 g/mol. The third-order valence-corrected chi connectivity index (χ3v) is 1.32. The average Bonchev–Trinajstić information content (AvgIpc) is 1.89. The molecule has 2 heteroatoms. The number of esters is 1. The smallest absolute Gasteiger partial charge is 0.313 e. The number of ether oxygens (including phenoxy) is 1. The fourth-order valence-corrected chi connectivity index (χ4v) is 0.749. The number of carbonyl (C=O) groups is 1. The predicted molar refractivity (Wildman–Crippen MR) is 40.4 cm³/mol. The van der Waals surface area contributed by atoms with Crippen molar-refractivity contribution in [1.82, 2.24) is 0 Å². The molecule has 0 aliphatic carbocycles. The standard InChI is InChI=1S/C8H14O2/c1-4-6-7(3)8(9)10-5-2/h5,7H,2,4,6H2,1,3H3. The summed E-state index contributed by atoms with van der Waals surface area (Å²) in [5.41, 5.74) is 0. The fourth-order valence-electron chi connectivity index (χ4n) is 0.749. The van der Waals surface area contributed by atoms with E-state index in [4.69, 9.17) is 0 Å². The van der Waals surface area contributed by atoms with Crippen molar-refractivity contribution >= 4 is 5.97 Å². The van der Waals surface area contributed by atoms with Gasteiger partial charge in [0.05, 0.1) is 12.2 Å². The van der Waals surface area contributed by atoms with Gasteiger partial charge in [-0.3, -0.25) is 4.79 Å². The third kappa shape index (κ3) is 3.28. The van der Waals surface area contributed by atoms with Gasteiger partial charge in [-0.25, -0.2) is 0 Å². The summed E-state index contributed by atoms with van der Waals surface area (Å²) >= 11 is 0. The molecule has 2 nitrogen and oxygen atoms in total. The summed E-state index contributed by atoms with van der Waals surface area (Å²) in [6, 6.07) is 0. The molecule has 0 saturated heterocycles. The first-order chi connectivity index (χ1) is 4.72. The minimum absolute atomic E-state index is 0.00278. The van der Waals surface area contributed by atoms with Crippen LogP contribution in [0, 0.1) is 5.92 Å². The summed E-state index contributed by atoms with van der Waals surface area (Å²) in [5.74, 6) is -0.181. The van der Waals surface area contributed by atoms with Crippen LogP contribution in [-0.2, 0) is 9.53 Å². The molecule has 0 aliphatic heterocycles. The summed E-state index contributed by atoms with van der Waals surface area (Å²) < 4.78 is 4.58. The molecule has 0 aliphatic rings. The molecule has 10 heavy (non-hydrogen) atoms. The number of rotatable bonds is 4. The van der Waals surface area contributed by atoms with Crippen LogP contribution in [0.3, 0.4) is 0 Å². The molecule has 0 fully saturated rings. The lowest BCUT2D eigenvalue weighted by molar-refractivity contribution is -0.142. The van der Waals surface area contributed by atoms with Crippen molar-refractivity contribution in [2.45, 2.75) is 26.7 Å². The van der Waals surface area contributed by atoms with Gasteiger partial charge < -0.3 is 4.74 Å². The van der Waals surface area contributed by atoms with Gasteiger partial charge in [0.15, 0.2) is 0 Å². The van der Waals surface area contributed by atoms with Crippen molar-refractivity contribution in [2.75, 3.05) is 0 Å². The topological polar surface area (TPSA) is 26.3 Å². The Morgan fingerprint density at radius 1 is 1.80 bits per heavy atom. The zero-order valence-corrected chi connectivity index (χ0v) is 6.59. The van der Waals surface area contributed by atoms with Gasteiger partial charge >= 0.3 is 5.97 Å². The quantitative estimate of drug-likeness (QED) is 0.444. The van der Waals surface area contributed by atoms with Crippen LogP contribution in [0.2, 0.25) is 0 Å². The lowest BCUT2D eigenvalue weighted by Crippen LogP contribution is -2.11. The Labute approximate surface area is 61.9 Å². The number of hydrogen-bond acceptors (Lipinski definition) is 2. The van der Waals surface area contributed by atoms with Crippen LogP contribution < -0.4 is 0 Å². The first kappa shape index (κ1) is 9.21. The highest BCUT2D eigenvalue weighted by atomic mass is 16.5. The van der Waals surface area contributed by atoms with Gasteiger partial charge in [0.25, 0.3) is 0 Å². The van der Waals surface area contributed by atoms with Gasteiger partial charge in [0.1, 0.15) is 0 Å². The Bertz CT molecular complexity index is 118. The first-order valence-corrected chi connectivity index (χ1v) is 3.53. The highest BCUT2D eigenvalue weighted by molar-refractivity contribution is 5.72. The first-order valence-electron chi connectivity index (χ1n) is 3.53. The number of hydrogen-bond donors (Lipinski definition) is 0. The highest BCUT2D eigenvalue weighted by Crippen LogP contribution is 2.06. The van der Waals surface area contributed by atoms with Crippen molar-refractivity contribution < 1.29 is 9.53 Å². The molecule has 0 bridgehead atoms. The maximum absolute atomic E-state index is 10.8. The van der Waals surface area contributed by atoms with E-state index >= 15 is 0 Å². The summed E-state index contributed by atoms with van der Waals surface area (Å²) in [4.78, 5) is 10.8. The van der Waals surface area contributed by atoms with Crippen LogP contribution in [0.25, 0.3) is 0 Å². The van der Waals surface area contributed by atoms with Crippen LogP contribution in [0.15, 0.2) is 12.8 Å². The van der Waals surface area contributed by atoms with Crippen molar-refractivity contribution in [1.29, 1.82) is 0 Å². The third-order valence-electron chi connectivity index (χ3n) is 1.32. The molecule has 0 saturated carbocycles. The minimum Gasteiger partial charge on any atom is -0.435 e. The van der Waals surface area contributed by atoms with Crippen LogP contribution in [0.4, 0.5) is 0 Å². The van der Waals surface area contributed by atoms with Gasteiger partial charge in [-0.15, -0.1) is 0 Å². The molecule has 0 amide bonds. The summed E-state index contributed by atoms with van der Waals surface area (Å²) in [6.45, 7) is 7.20. The van der Waals surface area contributed by atoms with Gasteiger partial charge in [-0.2, -0.15) is 0 Å². The molecular formula is C8H14O2. The van der Waals surface area contributed by atoms with Crippen LogP contribution in [0.5, 0.6) is 0 Å². The Morgan fingerprint density at radius 3 is 2.80 bits per heavy atom. The maximum atomic E-state index is 10.8. The Hall–Kier alpha value is -0.790. The van der Waals surface area contributed by atoms with Gasteiger partial charge in [-0.05, 0) is 6.42 Å². The summed E-state index contributed by atoms with van der Waals surface area (Å²) in [7, 11) is 0. The fraction of sp³-hybridized carbons (Fsp3) is 0.625. The molecule has 0 aromatic heterocycles. The second-order valence-corrected chi connectivity index (χ2v) is 2.29. The Kier molecular flexibility index (Phi) is 4.63.